The van der Waals surface area contributed by atoms with Crippen LogP contribution >= 0.6 is 43.2 Å². The van der Waals surface area contributed by atoms with Crippen molar-refractivity contribution >= 4 is 53.2 Å². The molecule has 19 heavy (non-hydrogen) atoms. The second-order valence-electron chi connectivity index (χ2n) is 4.77. The summed E-state index contributed by atoms with van der Waals surface area (Å²) in [6.07, 6.45) is 4.23. The maximum absolute atomic E-state index is 12.8. The number of hydrogen-bond acceptors (Lipinski definition) is 3. The van der Waals surface area contributed by atoms with Gasteiger partial charge in [-0.15, -0.1) is 11.3 Å². The topological polar surface area (TPSA) is 37.4 Å². The lowest BCUT2D eigenvalue weighted by Crippen LogP contribution is -2.39. The Bertz CT molecular complexity index is 516. The van der Waals surface area contributed by atoms with Gasteiger partial charge < -0.3 is 0 Å². The summed E-state index contributed by atoms with van der Waals surface area (Å²) >= 11 is 8.08. The largest absolute Gasteiger partial charge is 0.252 e. The Labute approximate surface area is 135 Å². The van der Waals surface area contributed by atoms with Gasteiger partial charge in [0.15, 0.2) is 0 Å². The van der Waals surface area contributed by atoms with Gasteiger partial charge in [0.05, 0.1) is 3.79 Å². The summed E-state index contributed by atoms with van der Waals surface area (Å²) in [5.41, 5.74) is 0.980. The summed E-state index contributed by atoms with van der Waals surface area (Å²) < 4.78 is 28.6. The number of alkyl halides is 1. The Hall–Kier alpha value is 0.570. The number of hydrogen-bond donors (Lipinski definition) is 0. The van der Waals surface area contributed by atoms with E-state index in [0.29, 0.717) is 16.1 Å². The van der Waals surface area contributed by atoms with E-state index in [1.165, 1.54) is 11.3 Å². The molecule has 0 saturated heterocycles. The summed E-state index contributed by atoms with van der Waals surface area (Å²) in [7, 11) is -3.36. The van der Waals surface area contributed by atoms with E-state index in [-0.39, 0.29) is 6.04 Å². The van der Waals surface area contributed by atoms with E-state index >= 15 is 0 Å². The summed E-state index contributed by atoms with van der Waals surface area (Å²) in [4.78, 5) is 0. The van der Waals surface area contributed by atoms with E-state index in [4.69, 9.17) is 0 Å². The van der Waals surface area contributed by atoms with Crippen LogP contribution in [0.3, 0.4) is 0 Å². The number of halogens is 2. The smallest absolute Gasteiger partial charge is 0.206 e. The molecule has 1 fully saturated rings. The van der Waals surface area contributed by atoms with Crippen molar-refractivity contribution in [2.75, 3.05) is 11.9 Å². The zero-order valence-corrected chi connectivity index (χ0v) is 15.5. The molecule has 1 aliphatic carbocycles. The van der Waals surface area contributed by atoms with Crippen LogP contribution in [0.4, 0.5) is 0 Å². The van der Waals surface area contributed by atoms with E-state index in [1.807, 2.05) is 6.92 Å². The highest BCUT2D eigenvalue weighted by molar-refractivity contribution is 9.11. The van der Waals surface area contributed by atoms with Crippen molar-refractivity contribution in [3.8, 4) is 0 Å². The molecule has 1 saturated carbocycles. The fraction of sp³-hybridized carbons (Fsp3) is 0.667. The Kier molecular flexibility index (Phi) is 5.50. The Morgan fingerprint density at radius 1 is 1.42 bits per heavy atom. The molecule has 0 atom stereocenters. The number of rotatable bonds is 5. The van der Waals surface area contributed by atoms with Crippen LogP contribution in [0.15, 0.2) is 14.1 Å². The molecule has 0 aliphatic heterocycles. The van der Waals surface area contributed by atoms with E-state index in [1.54, 1.807) is 10.4 Å². The van der Waals surface area contributed by atoms with Crippen molar-refractivity contribution < 1.29 is 8.42 Å². The van der Waals surface area contributed by atoms with Crippen molar-refractivity contribution in [1.82, 2.24) is 4.31 Å². The molecule has 3 nitrogen and oxygen atoms in total. The van der Waals surface area contributed by atoms with Gasteiger partial charge in [-0.3, -0.25) is 0 Å². The van der Waals surface area contributed by atoms with Gasteiger partial charge in [-0.1, -0.05) is 28.8 Å². The molecule has 2 rings (SSSR count). The molecule has 0 N–H and O–H groups in total. The summed E-state index contributed by atoms with van der Waals surface area (Å²) in [6.45, 7) is 2.46. The van der Waals surface area contributed by atoms with E-state index in [0.717, 1.165) is 35.0 Å². The first-order valence-electron chi connectivity index (χ1n) is 6.30. The molecular weight excluding hydrogens is 414 g/mol. The molecule has 1 aromatic heterocycles. The Morgan fingerprint density at radius 3 is 2.53 bits per heavy atom. The molecule has 1 aliphatic rings. The van der Waals surface area contributed by atoms with Crippen LogP contribution in [0.25, 0.3) is 0 Å². The fourth-order valence-electron chi connectivity index (χ4n) is 2.45. The SMILES string of the molecule is Cc1cc(S(=O)(=O)N(CCBr)C2CCCC2)sc1Br. The third kappa shape index (κ3) is 3.43. The highest BCUT2D eigenvalue weighted by Crippen LogP contribution is 2.35. The first-order valence-corrected chi connectivity index (χ1v) is 10.5. The first-order chi connectivity index (χ1) is 8.96. The van der Waals surface area contributed by atoms with Crippen LogP contribution < -0.4 is 0 Å². The Balaban J connectivity index is 2.33. The van der Waals surface area contributed by atoms with Crippen LogP contribution in [0.1, 0.15) is 31.2 Å². The lowest BCUT2D eigenvalue weighted by atomic mass is 10.2. The average molecular weight is 431 g/mol. The maximum atomic E-state index is 12.8. The molecular formula is C12H17Br2NO2S2. The predicted molar refractivity (Wildman–Crippen MR) is 86.7 cm³/mol. The van der Waals surface area contributed by atoms with Crippen molar-refractivity contribution in [2.24, 2.45) is 0 Å². The van der Waals surface area contributed by atoms with Gasteiger partial charge in [-0.05, 0) is 47.3 Å². The molecule has 1 heterocycles. The normalized spacial score (nSPS) is 17.5. The highest BCUT2D eigenvalue weighted by Gasteiger charge is 2.33. The molecule has 108 valence electrons. The van der Waals surface area contributed by atoms with Crippen molar-refractivity contribution in [1.29, 1.82) is 0 Å². The van der Waals surface area contributed by atoms with E-state index < -0.39 is 10.0 Å². The van der Waals surface area contributed by atoms with Gasteiger partial charge >= 0.3 is 0 Å². The van der Waals surface area contributed by atoms with Gasteiger partial charge in [0.1, 0.15) is 4.21 Å². The fourth-order valence-corrected chi connectivity index (χ4v) is 7.11. The number of aryl methyl sites for hydroxylation is 1. The van der Waals surface area contributed by atoms with Crippen LogP contribution in [0, 0.1) is 6.92 Å². The monoisotopic (exact) mass is 429 g/mol. The summed E-state index contributed by atoms with van der Waals surface area (Å²) in [5.74, 6) is 0. The molecule has 1 aromatic rings. The van der Waals surface area contributed by atoms with Gasteiger partial charge in [-0.25, -0.2) is 8.42 Å². The molecule has 0 unspecified atom stereocenters. The molecule has 0 amide bonds. The van der Waals surface area contributed by atoms with Crippen LogP contribution in [-0.4, -0.2) is 30.6 Å². The summed E-state index contributed by atoms with van der Waals surface area (Å²) in [5, 5.41) is 0.675. The van der Waals surface area contributed by atoms with E-state index in [2.05, 4.69) is 31.9 Å². The van der Waals surface area contributed by atoms with Crippen molar-refractivity contribution in [2.45, 2.75) is 42.9 Å². The second kappa shape index (κ2) is 6.56. The van der Waals surface area contributed by atoms with Gasteiger partial charge in [0, 0.05) is 17.9 Å². The van der Waals surface area contributed by atoms with E-state index in [9.17, 15) is 8.42 Å². The lowest BCUT2D eigenvalue weighted by Gasteiger charge is -2.26. The molecule has 0 bridgehead atoms. The van der Waals surface area contributed by atoms with Crippen molar-refractivity contribution in [3.63, 3.8) is 0 Å². The predicted octanol–water partition coefficient (Wildman–Crippen LogP) is 4.15. The standard InChI is InChI=1S/C12H17Br2NO2S2/c1-9-8-11(18-12(9)14)19(16,17)15(7-6-13)10-4-2-3-5-10/h8,10H,2-7H2,1H3. The van der Waals surface area contributed by atoms with Crippen LogP contribution in [0.2, 0.25) is 0 Å². The maximum Gasteiger partial charge on any atom is 0.252 e. The zero-order chi connectivity index (χ0) is 14.0. The van der Waals surface area contributed by atoms with Crippen LogP contribution in [-0.2, 0) is 10.0 Å². The molecule has 0 radical (unpaired) electrons. The Morgan fingerprint density at radius 2 is 2.05 bits per heavy atom. The number of nitrogens with zero attached hydrogens (tertiary/aromatic N) is 1. The van der Waals surface area contributed by atoms with Gasteiger partial charge in [0.2, 0.25) is 0 Å². The van der Waals surface area contributed by atoms with Gasteiger partial charge in [-0.2, -0.15) is 4.31 Å². The quantitative estimate of drug-likeness (QED) is 0.658. The third-order valence-corrected chi connectivity index (χ3v) is 8.33. The minimum absolute atomic E-state index is 0.170. The lowest BCUT2D eigenvalue weighted by molar-refractivity contribution is 0.339. The number of thiophene rings is 1. The highest BCUT2D eigenvalue weighted by atomic mass is 79.9. The first kappa shape index (κ1) is 15.9. The zero-order valence-electron chi connectivity index (χ0n) is 10.7. The molecule has 0 spiro atoms. The summed E-state index contributed by atoms with van der Waals surface area (Å²) in [6, 6.07) is 1.93. The van der Waals surface area contributed by atoms with Crippen molar-refractivity contribution in [3.05, 3.63) is 15.4 Å². The number of sulfonamides is 1. The second-order valence-corrected chi connectivity index (χ2v) is 10.0. The minimum atomic E-state index is -3.36. The third-order valence-electron chi connectivity index (χ3n) is 3.43. The van der Waals surface area contributed by atoms with Gasteiger partial charge in [0.25, 0.3) is 10.0 Å². The molecule has 7 heteroatoms. The minimum Gasteiger partial charge on any atom is -0.206 e. The van der Waals surface area contributed by atoms with Crippen LogP contribution in [0.5, 0.6) is 0 Å². The molecule has 0 aromatic carbocycles. The average Bonchev–Trinajstić information content (AvgIpc) is 2.97.